The van der Waals surface area contributed by atoms with Gasteiger partial charge in [0.1, 0.15) is 11.4 Å². The van der Waals surface area contributed by atoms with Crippen LogP contribution in [0.4, 0.5) is 4.39 Å². The Morgan fingerprint density at radius 2 is 1.82 bits per heavy atom. The Morgan fingerprint density at radius 1 is 1.18 bits per heavy atom. The van der Waals surface area contributed by atoms with Gasteiger partial charge >= 0.3 is 0 Å². The number of piperidine rings is 1. The van der Waals surface area contributed by atoms with E-state index in [-0.39, 0.29) is 25.9 Å². The van der Waals surface area contributed by atoms with Crippen LogP contribution in [-0.4, -0.2) is 37.7 Å². The van der Waals surface area contributed by atoms with Gasteiger partial charge in [-0.25, -0.2) is 17.1 Å². The Morgan fingerprint density at radius 3 is 2.36 bits per heavy atom. The first-order valence-electron chi connectivity index (χ1n) is 7.64. The van der Waals surface area contributed by atoms with Gasteiger partial charge in [-0.1, -0.05) is 12.1 Å². The highest BCUT2D eigenvalue weighted by molar-refractivity contribution is 7.90. The molecule has 1 aliphatic carbocycles. The summed E-state index contributed by atoms with van der Waals surface area (Å²) in [5.41, 5.74) is -0.910. The molecule has 0 spiro atoms. The summed E-state index contributed by atoms with van der Waals surface area (Å²) in [6.45, 7) is 2.26. The molecule has 2 fully saturated rings. The number of halogens is 1. The van der Waals surface area contributed by atoms with Gasteiger partial charge in [0.25, 0.3) is 0 Å². The highest BCUT2D eigenvalue weighted by Crippen LogP contribution is 2.47. The summed E-state index contributed by atoms with van der Waals surface area (Å²) in [7, 11) is -1.74. The average molecular weight is 327 g/mol. The summed E-state index contributed by atoms with van der Waals surface area (Å²) in [5.74, 6) is 0.620. The molecule has 4 nitrogen and oxygen atoms in total. The number of methoxy groups -OCH3 is 1. The first-order chi connectivity index (χ1) is 10.3. The third-order valence-electron chi connectivity index (χ3n) is 5.02. The standard InChI is InChI=1S/C16H22FNO3S/c1-15(6-7-15)22(19,20)18-10-8-16(17,9-11-18)13-4-3-5-14(12-13)21-2/h3-5,12H,6-11H2,1-2H3. The van der Waals surface area contributed by atoms with Crippen molar-refractivity contribution in [2.24, 2.45) is 0 Å². The number of nitrogens with zero attached hydrogens (tertiary/aromatic N) is 1. The SMILES string of the molecule is COc1cccc(C2(F)CCN(S(=O)(=O)C3(C)CC3)CC2)c1. The van der Waals surface area contributed by atoms with E-state index in [9.17, 15) is 8.42 Å². The van der Waals surface area contributed by atoms with Gasteiger partial charge in [0.05, 0.1) is 11.9 Å². The van der Waals surface area contributed by atoms with Crippen LogP contribution in [0.3, 0.4) is 0 Å². The van der Waals surface area contributed by atoms with Crippen LogP contribution >= 0.6 is 0 Å². The largest absolute Gasteiger partial charge is 0.497 e. The van der Waals surface area contributed by atoms with Crippen molar-refractivity contribution in [2.75, 3.05) is 20.2 Å². The van der Waals surface area contributed by atoms with Crippen LogP contribution in [0.2, 0.25) is 0 Å². The fourth-order valence-corrected chi connectivity index (χ4v) is 4.92. The molecule has 22 heavy (non-hydrogen) atoms. The van der Waals surface area contributed by atoms with Crippen molar-refractivity contribution in [3.8, 4) is 5.75 Å². The van der Waals surface area contributed by atoms with Crippen molar-refractivity contribution < 1.29 is 17.5 Å². The number of benzene rings is 1. The molecule has 0 N–H and O–H groups in total. The van der Waals surface area contributed by atoms with Gasteiger partial charge in [0.15, 0.2) is 0 Å². The van der Waals surface area contributed by atoms with E-state index in [1.54, 1.807) is 38.3 Å². The van der Waals surface area contributed by atoms with Crippen molar-refractivity contribution >= 4 is 10.0 Å². The normalized spacial score (nSPS) is 24.0. The number of hydrogen-bond acceptors (Lipinski definition) is 3. The molecule has 1 aromatic carbocycles. The van der Waals surface area contributed by atoms with E-state index < -0.39 is 20.4 Å². The lowest BCUT2D eigenvalue weighted by atomic mass is 9.87. The Hall–Kier alpha value is -1.14. The second-order valence-electron chi connectivity index (χ2n) is 6.55. The lowest BCUT2D eigenvalue weighted by molar-refractivity contribution is 0.0863. The van der Waals surface area contributed by atoms with Crippen molar-refractivity contribution in [1.29, 1.82) is 0 Å². The summed E-state index contributed by atoms with van der Waals surface area (Å²) in [6, 6.07) is 6.99. The van der Waals surface area contributed by atoms with Crippen molar-refractivity contribution in [3.05, 3.63) is 29.8 Å². The van der Waals surface area contributed by atoms with E-state index >= 15 is 4.39 Å². The molecule has 1 saturated carbocycles. The Bertz CT molecular complexity index is 662. The number of ether oxygens (including phenoxy) is 1. The predicted molar refractivity (Wildman–Crippen MR) is 83.1 cm³/mol. The van der Waals surface area contributed by atoms with E-state index in [0.29, 0.717) is 24.2 Å². The maximum absolute atomic E-state index is 15.2. The number of hydrogen-bond donors (Lipinski definition) is 0. The van der Waals surface area contributed by atoms with E-state index in [2.05, 4.69) is 0 Å². The molecule has 1 aliphatic heterocycles. The van der Waals surface area contributed by atoms with Crippen LogP contribution in [0.15, 0.2) is 24.3 Å². The van der Waals surface area contributed by atoms with Gasteiger partial charge in [-0.05, 0) is 50.3 Å². The van der Waals surface area contributed by atoms with Gasteiger partial charge in [0.2, 0.25) is 10.0 Å². The van der Waals surface area contributed by atoms with Gasteiger partial charge in [-0.2, -0.15) is 0 Å². The molecule has 0 radical (unpaired) electrons. The van der Waals surface area contributed by atoms with Crippen LogP contribution in [0.25, 0.3) is 0 Å². The molecule has 0 aromatic heterocycles. The van der Waals surface area contributed by atoms with Crippen LogP contribution < -0.4 is 4.74 Å². The maximum atomic E-state index is 15.2. The summed E-state index contributed by atoms with van der Waals surface area (Å²) >= 11 is 0. The first kappa shape index (κ1) is 15.7. The van der Waals surface area contributed by atoms with Crippen LogP contribution in [0, 0.1) is 0 Å². The lowest BCUT2D eigenvalue weighted by Crippen LogP contribution is -2.46. The molecular weight excluding hydrogens is 305 g/mol. The summed E-state index contributed by atoms with van der Waals surface area (Å²) < 4.78 is 46.2. The molecule has 0 atom stereocenters. The Labute approximate surface area is 131 Å². The molecule has 6 heteroatoms. The van der Waals surface area contributed by atoms with Gasteiger partial charge in [0, 0.05) is 13.1 Å². The highest BCUT2D eigenvalue weighted by atomic mass is 32.2. The number of alkyl halides is 1. The Kier molecular flexibility index (Phi) is 3.72. The number of sulfonamides is 1. The highest BCUT2D eigenvalue weighted by Gasteiger charge is 2.54. The molecule has 0 unspecified atom stereocenters. The molecule has 122 valence electrons. The van der Waals surface area contributed by atoms with E-state index in [0.717, 1.165) is 0 Å². The summed E-state index contributed by atoms with van der Waals surface area (Å²) in [6.07, 6.45) is 1.80. The molecule has 0 amide bonds. The van der Waals surface area contributed by atoms with Gasteiger partial charge in [-0.3, -0.25) is 0 Å². The fourth-order valence-electron chi connectivity index (χ4n) is 3.02. The topological polar surface area (TPSA) is 46.6 Å². The second-order valence-corrected chi connectivity index (χ2v) is 9.00. The molecule has 1 heterocycles. The fraction of sp³-hybridized carbons (Fsp3) is 0.625. The molecule has 2 aliphatic rings. The van der Waals surface area contributed by atoms with E-state index in [4.69, 9.17) is 4.74 Å². The zero-order valence-electron chi connectivity index (χ0n) is 13.0. The van der Waals surface area contributed by atoms with Gasteiger partial charge in [-0.15, -0.1) is 0 Å². The molecule has 0 bridgehead atoms. The third-order valence-corrected chi connectivity index (χ3v) is 7.72. The minimum atomic E-state index is -3.29. The Balaban J connectivity index is 1.75. The van der Waals surface area contributed by atoms with Crippen molar-refractivity contribution in [3.63, 3.8) is 0 Å². The molecule has 1 saturated heterocycles. The van der Waals surface area contributed by atoms with Crippen LogP contribution in [-0.2, 0) is 15.7 Å². The van der Waals surface area contributed by atoms with E-state index in [1.807, 2.05) is 0 Å². The second kappa shape index (κ2) is 5.20. The zero-order chi connectivity index (χ0) is 16.0. The average Bonchev–Trinajstić information content (AvgIpc) is 3.27. The molecule has 1 aromatic rings. The smallest absolute Gasteiger partial charge is 0.219 e. The van der Waals surface area contributed by atoms with Crippen LogP contribution in [0.5, 0.6) is 5.75 Å². The minimum absolute atomic E-state index is 0.190. The maximum Gasteiger partial charge on any atom is 0.219 e. The summed E-state index contributed by atoms with van der Waals surface area (Å²) in [5, 5.41) is 0. The minimum Gasteiger partial charge on any atom is -0.497 e. The van der Waals surface area contributed by atoms with Gasteiger partial charge < -0.3 is 4.74 Å². The van der Waals surface area contributed by atoms with E-state index in [1.165, 1.54) is 4.31 Å². The quantitative estimate of drug-likeness (QED) is 0.854. The monoisotopic (exact) mass is 327 g/mol. The number of rotatable bonds is 4. The third kappa shape index (κ3) is 2.52. The van der Waals surface area contributed by atoms with Crippen LogP contribution in [0.1, 0.15) is 38.2 Å². The summed E-state index contributed by atoms with van der Waals surface area (Å²) in [4.78, 5) is 0. The first-order valence-corrected chi connectivity index (χ1v) is 9.08. The van der Waals surface area contributed by atoms with Crippen molar-refractivity contribution in [1.82, 2.24) is 4.31 Å². The molecule has 3 rings (SSSR count). The lowest BCUT2D eigenvalue weighted by Gasteiger charge is -2.37. The van der Waals surface area contributed by atoms with Crippen molar-refractivity contribution in [2.45, 2.75) is 43.0 Å². The predicted octanol–water partition coefficient (Wildman–Crippen LogP) is 2.84. The molecular formula is C16H22FNO3S. The zero-order valence-corrected chi connectivity index (χ0v) is 13.8.